The van der Waals surface area contributed by atoms with E-state index in [1.54, 1.807) is 18.2 Å². The Bertz CT molecular complexity index is 546. The largest absolute Gasteiger partial charge is 0.487 e. The lowest BCUT2D eigenvalue weighted by Crippen LogP contribution is -2.46. The lowest BCUT2D eigenvalue weighted by atomic mass is 10.2. The van der Waals surface area contributed by atoms with Crippen LogP contribution in [0.15, 0.2) is 18.2 Å². The van der Waals surface area contributed by atoms with Crippen LogP contribution >= 0.6 is 0 Å². The van der Waals surface area contributed by atoms with Crippen molar-refractivity contribution in [1.29, 1.82) is 0 Å². The smallest absolute Gasteiger partial charge is 0.333 e. The minimum Gasteiger partial charge on any atom is -0.487 e. The summed E-state index contributed by atoms with van der Waals surface area (Å²) >= 11 is 0. The average Bonchev–Trinajstić information content (AvgIpc) is 2.48. The Kier molecular flexibility index (Phi) is 5.01. The second kappa shape index (κ2) is 6.95. The maximum atomic E-state index is 11.4. The minimum absolute atomic E-state index is 0.0461. The quantitative estimate of drug-likeness (QED) is 0.469. The maximum Gasteiger partial charge on any atom is 0.333 e. The van der Waals surface area contributed by atoms with Gasteiger partial charge < -0.3 is 9.64 Å². The van der Waals surface area contributed by atoms with Crippen LogP contribution in [-0.2, 0) is 0 Å². The third-order valence-corrected chi connectivity index (χ3v) is 3.49. The number of hydrogen-bond acceptors (Lipinski definition) is 5. The number of para-hydroxylation sites is 1. The maximum absolute atomic E-state index is 11.4. The van der Waals surface area contributed by atoms with Gasteiger partial charge in [0, 0.05) is 26.2 Å². The van der Waals surface area contributed by atoms with Gasteiger partial charge in [0.15, 0.2) is 5.75 Å². The van der Waals surface area contributed by atoms with Gasteiger partial charge in [0.25, 0.3) is 0 Å². The molecule has 1 saturated heterocycles. The molecular formula is C15H19N3O3. The molecule has 0 radical (unpaired) electrons. The third kappa shape index (κ3) is 3.44. The molecule has 1 aromatic rings. The molecule has 0 amide bonds. The summed E-state index contributed by atoms with van der Waals surface area (Å²) in [6.07, 6.45) is 5.31. The van der Waals surface area contributed by atoms with Gasteiger partial charge in [-0.05, 0) is 19.1 Å². The summed E-state index contributed by atoms with van der Waals surface area (Å²) in [7, 11) is 0. The highest BCUT2D eigenvalue weighted by Crippen LogP contribution is 2.37. The van der Waals surface area contributed by atoms with E-state index in [0.29, 0.717) is 24.6 Å². The molecule has 112 valence electrons. The number of nitrogens with zero attached hydrogens (tertiary/aromatic N) is 3. The summed E-state index contributed by atoms with van der Waals surface area (Å²) in [4.78, 5) is 15.2. The topological polar surface area (TPSA) is 58.8 Å². The Balaban J connectivity index is 2.22. The second-order valence-electron chi connectivity index (χ2n) is 4.78. The Morgan fingerprint density at radius 2 is 2.10 bits per heavy atom. The van der Waals surface area contributed by atoms with Crippen molar-refractivity contribution in [3.63, 3.8) is 0 Å². The fourth-order valence-electron chi connectivity index (χ4n) is 2.50. The van der Waals surface area contributed by atoms with Crippen LogP contribution in [0.5, 0.6) is 5.75 Å². The molecule has 6 nitrogen and oxygen atoms in total. The van der Waals surface area contributed by atoms with Gasteiger partial charge in [0.1, 0.15) is 5.69 Å². The fourth-order valence-corrected chi connectivity index (χ4v) is 2.50. The summed E-state index contributed by atoms with van der Waals surface area (Å²) in [5.74, 6) is 2.95. The Morgan fingerprint density at radius 1 is 1.38 bits per heavy atom. The second-order valence-corrected chi connectivity index (χ2v) is 4.78. The SMILES string of the molecule is C#CCN1CCN(c2cccc(OCC)c2[N+](=O)[O-])CC1. The minimum atomic E-state index is -0.367. The number of ether oxygens (including phenoxy) is 1. The van der Waals surface area contributed by atoms with Crippen LogP contribution in [0.2, 0.25) is 0 Å². The lowest BCUT2D eigenvalue weighted by Gasteiger charge is -2.34. The summed E-state index contributed by atoms with van der Waals surface area (Å²) in [5.41, 5.74) is 0.663. The Morgan fingerprint density at radius 3 is 2.67 bits per heavy atom. The van der Waals surface area contributed by atoms with Crippen molar-refractivity contribution in [2.75, 3.05) is 44.2 Å². The van der Waals surface area contributed by atoms with E-state index in [-0.39, 0.29) is 10.6 Å². The molecule has 1 heterocycles. The third-order valence-electron chi connectivity index (χ3n) is 3.49. The Hall–Kier alpha value is -2.26. The molecular weight excluding hydrogens is 270 g/mol. The number of rotatable bonds is 5. The predicted octanol–water partition coefficient (Wildman–Crippen LogP) is 1.75. The molecule has 0 N–H and O–H groups in total. The molecule has 0 unspecified atom stereocenters. The van der Waals surface area contributed by atoms with Gasteiger partial charge in [-0.1, -0.05) is 12.0 Å². The monoisotopic (exact) mass is 289 g/mol. The van der Waals surface area contributed by atoms with E-state index in [4.69, 9.17) is 11.2 Å². The summed E-state index contributed by atoms with van der Waals surface area (Å²) in [6, 6.07) is 5.21. The predicted molar refractivity (Wildman–Crippen MR) is 81.8 cm³/mol. The number of benzene rings is 1. The van der Waals surface area contributed by atoms with Crippen LogP contribution in [0, 0.1) is 22.5 Å². The summed E-state index contributed by atoms with van der Waals surface area (Å²) < 4.78 is 5.38. The van der Waals surface area contributed by atoms with Gasteiger partial charge in [0.05, 0.1) is 18.1 Å². The van der Waals surface area contributed by atoms with Crippen molar-refractivity contribution in [2.45, 2.75) is 6.92 Å². The first-order valence-electron chi connectivity index (χ1n) is 6.98. The van der Waals surface area contributed by atoms with E-state index in [0.717, 1.165) is 26.2 Å². The molecule has 1 fully saturated rings. The van der Waals surface area contributed by atoms with Crippen molar-refractivity contribution in [3.8, 4) is 18.1 Å². The molecule has 0 saturated carbocycles. The van der Waals surface area contributed by atoms with Crippen molar-refractivity contribution < 1.29 is 9.66 Å². The van der Waals surface area contributed by atoms with E-state index >= 15 is 0 Å². The number of piperazine rings is 1. The van der Waals surface area contributed by atoms with Crippen molar-refractivity contribution in [1.82, 2.24) is 4.90 Å². The standard InChI is InChI=1S/C15H19N3O3/c1-3-8-16-9-11-17(12-10-16)13-6-5-7-14(21-4-2)15(13)18(19)20/h1,5-7H,4,8-12H2,2H3. The van der Waals surface area contributed by atoms with E-state index < -0.39 is 0 Å². The van der Waals surface area contributed by atoms with E-state index in [1.165, 1.54) is 0 Å². The van der Waals surface area contributed by atoms with E-state index in [2.05, 4.69) is 10.8 Å². The zero-order chi connectivity index (χ0) is 15.2. The molecule has 1 aliphatic rings. The first-order valence-corrected chi connectivity index (χ1v) is 6.98. The van der Waals surface area contributed by atoms with Gasteiger partial charge in [-0.15, -0.1) is 6.42 Å². The van der Waals surface area contributed by atoms with Crippen molar-refractivity contribution in [3.05, 3.63) is 28.3 Å². The first-order chi connectivity index (χ1) is 10.2. The lowest BCUT2D eigenvalue weighted by molar-refractivity contribution is -0.385. The van der Waals surface area contributed by atoms with Gasteiger partial charge >= 0.3 is 5.69 Å². The molecule has 0 bridgehead atoms. The van der Waals surface area contributed by atoms with Crippen LogP contribution in [0.1, 0.15) is 6.92 Å². The molecule has 6 heteroatoms. The van der Waals surface area contributed by atoms with E-state index in [1.807, 2.05) is 11.8 Å². The first kappa shape index (κ1) is 15.1. The molecule has 21 heavy (non-hydrogen) atoms. The number of nitro groups is 1. The number of nitro benzene ring substituents is 1. The van der Waals surface area contributed by atoms with E-state index in [9.17, 15) is 10.1 Å². The van der Waals surface area contributed by atoms with Crippen LogP contribution in [-0.4, -0.2) is 49.2 Å². The molecule has 0 aromatic heterocycles. The Labute approximate surface area is 124 Å². The highest BCUT2D eigenvalue weighted by molar-refractivity contribution is 5.70. The molecule has 0 spiro atoms. The zero-order valence-corrected chi connectivity index (χ0v) is 12.1. The normalized spacial score (nSPS) is 15.5. The van der Waals surface area contributed by atoms with Crippen LogP contribution in [0.3, 0.4) is 0 Å². The van der Waals surface area contributed by atoms with Gasteiger partial charge in [-0.2, -0.15) is 0 Å². The number of anilines is 1. The average molecular weight is 289 g/mol. The van der Waals surface area contributed by atoms with Gasteiger partial charge in [-0.25, -0.2) is 0 Å². The molecule has 0 atom stereocenters. The summed E-state index contributed by atoms with van der Waals surface area (Å²) in [6.45, 7) is 5.89. The molecule has 2 rings (SSSR count). The zero-order valence-electron chi connectivity index (χ0n) is 12.1. The highest BCUT2D eigenvalue weighted by Gasteiger charge is 2.27. The van der Waals surface area contributed by atoms with Crippen molar-refractivity contribution in [2.24, 2.45) is 0 Å². The van der Waals surface area contributed by atoms with Crippen LogP contribution in [0.25, 0.3) is 0 Å². The van der Waals surface area contributed by atoms with Crippen LogP contribution < -0.4 is 9.64 Å². The molecule has 1 aliphatic heterocycles. The fraction of sp³-hybridized carbons (Fsp3) is 0.467. The number of hydrogen-bond donors (Lipinski definition) is 0. The summed E-state index contributed by atoms with van der Waals surface area (Å²) in [5, 5.41) is 11.4. The highest BCUT2D eigenvalue weighted by atomic mass is 16.6. The van der Waals surface area contributed by atoms with Crippen LogP contribution in [0.4, 0.5) is 11.4 Å². The number of terminal acetylenes is 1. The van der Waals surface area contributed by atoms with Gasteiger partial charge in [0.2, 0.25) is 0 Å². The molecule has 1 aromatic carbocycles. The van der Waals surface area contributed by atoms with Gasteiger partial charge in [-0.3, -0.25) is 15.0 Å². The molecule has 0 aliphatic carbocycles. The van der Waals surface area contributed by atoms with Crippen molar-refractivity contribution >= 4 is 11.4 Å².